The zero-order chi connectivity index (χ0) is 15.6. The molecule has 2 aromatic rings. The SMILES string of the molecule is N#CC(C(=O)c1c(F)cccc1Cl)c1c(Cl)cccc1Cl. The monoisotopic (exact) mass is 341 g/mol. The van der Waals surface area contributed by atoms with E-state index in [1.54, 1.807) is 6.07 Å². The topological polar surface area (TPSA) is 40.9 Å². The lowest BCUT2D eigenvalue weighted by Crippen LogP contribution is -2.14. The lowest BCUT2D eigenvalue weighted by atomic mass is 9.91. The molecule has 0 bridgehead atoms. The summed E-state index contributed by atoms with van der Waals surface area (Å²) in [6.07, 6.45) is 0. The maximum Gasteiger partial charge on any atom is 0.189 e. The number of carbonyl (C=O) groups is 1. The second-order valence-corrected chi connectivity index (χ2v) is 5.38. The van der Waals surface area contributed by atoms with Crippen LogP contribution >= 0.6 is 34.8 Å². The van der Waals surface area contributed by atoms with Crippen LogP contribution in [-0.2, 0) is 0 Å². The zero-order valence-electron chi connectivity index (χ0n) is 10.4. The maximum atomic E-state index is 13.8. The first-order valence-corrected chi connectivity index (χ1v) is 6.92. The number of nitrogens with zero attached hydrogens (tertiary/aromatic N) is 1. The molecule has 2 rings (SSSR count). The van der Waals surface area contributed by atoms with Gasteiger partial charge in [-0.15, -0.1) is 0 Å². The summed E-state index contributed by atoms with van der Waals surface area (Å²) in [5, 5.41) is 9.55. The Morgan fingerprint density at radius 1 is 1.05 bits per heavy atom. The Balaban J connectivity index is 2.58. The second kappa shape index (κ2) is 6.44. The lowest BCUT2D eigenvalue weighted by Gasteiger charge is -2.13. The van der Waals surface area contributed by atoms with Gasteiger partial charge in [-0.25, -0.2) is 4.39 Å². The van der Waals surface area contributed by atoms with Gasteiger partial charge in [0.1, 0.15) is 11.7 Å². The Bertz CT molecular complexity index is 715. The van der Waals surface area contributed by atoms with Crippen molar-refractivity contribution in [2.24, 2.45) is 0 Å². The Hall–Kier alpha value is -1.60. The fraction of sp³-hybridized carbons (Fsp3) is 0.0667. The number of benzene rings is 2. The Morgan fingerprint density at radius 2 is 1.57 bits per heavy atom. The number of hydrogen-bond acceptors (Lipinski definition) is 2. The van der Waals surface area contributed by atoms with Crippen LogP contribution in [0.3, 0.4) is 0 Å². The third kappa shape index (κ3) is 3.03. The van der Waals surface area contributed by atoms with Crippen molar-refractivity contribution in [3.8, 4) is 6.07 Å². The highest BCUT2D eigenvalue weighted by molar-refractivity contribution is 6.37. The van der Waals surface area contributed by atoms with Gasteiger partial charge in [0.05, 0.1) is 16.7 Å². The van der Waals surface area contributed by atoms with Gasteiger partial charge >= 0.3 is 0 Å². The maximum absolute atomic E-state index is 13.8. The van der Waals surface area contributed by atoms with Crippen molar-refractivity contribution in [1.29, 1.82) is 5.26 Å². The first-order chi connectivity index (χ1) is 9.97. The molecule has 6 heteroatoms. The quantitative estimate of drug-likeness (QED) is 0.712. The van der Waals surface area contributed by atoms with Crippen molar-refractivity contribution in [2.75, 3.05) is 0 Å². The highest BCUT2D eigenvalue weighted by Gasteiger charge is 2.29. The van der Waals surface area contributed by atoms with E-state index in [0.717, 1.165) is 6.07 Å². The van der Waals surface area contributed by atoms with E-state index in [0.29, 0.717) is 0 Å². The van der Waals surface area contributed by atoms with Gasteiger partial charge < -0.3 is 0 Å². The molecule has 106 valence electrons. The van der Waals surface area contributed by atoms with Gasteiger partial charge in [0.2, 0.25) is 0 Å². The van der Waals surface area contributed by atoms with Crippen molar-refractivity contribution in [3.05, 3.63) is 68.4 Å². The average molecular weight is 343 g/mol. The van der Waals surface area contributed by atoms with Crippen molar-refractivity contribution < 1.29 is 9.18 Å². The molecule has 2 aromatic carbocycles. The van der Waals surface area contributed by atoms with Crippen molar-refractivity contribution in [3.63, 3.8) is 0 Å². The van der Waals surface area contributed by atoms with Crippen LogP contribution in [0.2, 0.25) is 15.1 Å². The summed E-state index contributed by atoms with van der Waals surface area (Å²) in [6.45, 7) is 0. The molecule has 0 aliphatic carbocycles. The molecule has 1 atom stereocenters. The van der Waals surface area contributed by atoms with E-state index in [9.17, 15) is 14.4 Å². The van der Waals surface area contributed by atoms with Crippen molar-refractivity contribution in [2.45, 2.75) is 5.92 Å². The van der Waals surface area contributed by atoms with Gasteiger partial charge in [0.15, 0.2) is 5.78 Å². The zero-order valence-corrected chi connectivity index (χ0v) is 12.7. The number of ketones is 1. The molecule has 0 N–H and O–H groups in total. The van der Waals surface area contributed by atoms with Gasteiger partial charge in [-0.1, -0.05) is 46.9 Å². The minimum Gasteiger partial charge on any atom is -0.292 e. The minimum absolute atomic E-state index is 0.0663. The van der Waals surface area contributed by atoms with Gasteiger partial charge in [-0.3, -0.25) is 4.79 Å². The molecular formula is C15H7Cl3FNO. The van der Waals surface area contributed by atoms with E-state index < -0.39 is 17.5 Å². The Morgan fingerprint density at radius 3 is 2.10 bits per heavy atom. The number of nitriles is 1. The van der Waals surface area contributed by atoms with E-state index >= 15 is 0 Å². The molecule has 0 spiro atoms. The van der Waals surface area contributed by atoms with Gasteiger partial charge in [-0.2, -0.15) is 5.26 Å². The minimum atomic E-state index is -1.33. The molecule has 21 heavy (non-hydrogen) atoms. The molecule has 0 saturated heterocycles. The molecule has 0 radical (unpaired) electrons. The Kier molecular flexibility index (Phi) is 4.84. The second-order valence-electron chi connectivity index (χ2n) is 4.16. The average Bonchev–Trinajstić information content (AvgIpc) is 2.42. The van der Waals surface area contributed by atoms with Crippen LogP contribution in [-0.4, -0.2) is 5.78 Å². The predicted octanol–water partition coefficient (Wildman–Crippen LogP) is 5.28. The van der Waals surface area contributed by atoms with Crippen molar-refractivity contribution >= 4 is 40.6 Å². The molecule has 2 nitrogen and oxygen atoms in total. The number of Topliss-reactive ketones (excluding diaryl/α,β-unsaturated/α-hetero) is 1. The molecule has 0 heterocycles. The predicted molar refractivity (Wildman–Crippen MR) is 80.6 cm³/mol. The molecule has 0 amide bonds. The molecule has 1 unspecified atom stereocenters. The molecule has 0 aromatic heterocycles. The van der Waals surface area contributed by atoms with Gasteiger partial charge in [0, 0.05) is 15.6 Å². The first kappa shape index (κ1) is 15.8. The van der Waals surface area contributed by atoms with Crippen LogP contribution in [0.5, 0.6) is 0 Å². The molecule has 0 fully saturated rings. The summed E-state index contributed by atoms with van der Waals surface area (Å²) in [5.74, 6) is -2.91. The molecular weight excluding hydrogens is 336 g/mol. The smallest absolute Gasteiger partial charge is 0.189 e. The lowest BCUT2D eigenvalue weighted by molar-refractivity contribution is 0.0975. The number of rotatable bonds is 3. The van der Waals surface area contributed by atoms with E-state index in [1.165, 1.54) is 24.3 Å². The molecule has 0 saturated carbocycles. The summed E-state index contributed by atoms with van der Waals surface area (Å²) < 4.78 is 13.8. The third-order valence-corrected chi connectivity index (χ3v) is 3.86. The molecule has 0 aliphatic rings. The van der Waals surface area contributed by atoms with Crippen molar-refractivity contribution in [1.82, 2.24) is 0 Å². The summed E-state index contributed by atoms with van der Waals surface area (Å²) in [4.78, 5) is 12.5. The standard InChI is InChI=1S/C15H7Cl3FNO/c16-9-3-1-4-10(17)13(9)8(7-20)15(21)14-11(18)5-2-6-12(14)19/h1-6,8H. The first-order valence-electron chi connectivity index (χ1n) is 5.79. The largest absolute Gasteiger partial charge is 0.292 e. The number of hydrogen-bond donors (Lipinski definition) is 0. The van der Waals surface area contributed by atoms with E-state index in [4.69, 9.17) is 34.8 Å². The van der Waals surface area contributed by atoms with E-state index in [-0.39, 0.29) is 26.2 Å². The van der Waals surface area contributed by atoms with E-state index in [1.807, 2.05) is 6.07 Å². The number of halogens is 4. The normalized spacial score (nSPS) is 11.8. The van der Waals surface area contributed by atoms with Crippen LogP contribution in [0.15, 0.2) is 36.4 Å². The van der Waals surface area contributed by atoms with Crippen LogP contribution < -0.4 is 0 Å². The van der Waals surface area contributed by atoms with Crippen LogP contribution in [0, 0.1) is 17.1 Å². The van der Waals surface area contributed by atoms with Crippen LogP contribution in [0.25, 0.3) is 0 Å². The number of carbonyl (C=O) groups excluding carboxylic acids is 1. The summed E-state index contributed by atoms with van der Waals surface area (Å²) in [7, 11) is 0. The summed E-state index contributed by atoms with van der Waals surface area (Å²) >= 11 is 17.9. The summed E-state index contributed by atoms with van der Waals surface area (Å²) in [6, 6.07) is 10.2. The van der Waals surface area contributed by atoms with Crippen LogP contribution in [0.1, 0.15) is 21.8 Å². The van der Waals surface area contributed by atoms with E-state index in [2.05, 4.69) is 0 Å². The Labute approximate surface area is 135 Å². The fourth-order valence-corrected chi connectivity index (χ4v) is 2.79. The highest BCUT2D eigenvalue weighted by atomic mass is 35.5. The van der Waals surface area contributed by atoms with Gasteiger partial charge in [-0.05, 0) is 24.3 Å². The van der Waals surface area contributed by atoms with Crippen LogP contribution in [0.4, 0.5) is 4.39 Å². The summed E-state index contributed by atoms with van der Waals surface area (Å²) in [5.41, 5.74) is -0.200. The fourth-order valence-electron chi connectivity index (χ4n) is 1.92. The van der Waals surface area contributed by atoms with Gasteiger partial charge in [0.25, 0.3) is 0 Å². The highest BCUT2D eigenvalue weighted by Crippen LogP contribution is 2.35. The third-order valence-electron chi connectivity index (χ3n) is 2.89. The molecule has 0 aliphatic heterocycles.